The molecule has 104 valence electrons. The number of amides is 1. The molecule has 2 aliphatic rings. The van der Waals surface area contributed by atoms with Gasteiger partial charge in [-0.05, 0) is 51.1 Å². The Labute approximate surface area is 111 Å². The van der Waals surface area contributed by atoms with Crippen LogP contribution < -0.4 is 10.6 Å². The highest BCUT2D eigenvalue weighted by molar-refractivity contribution is 5.83. The maximum atomic E-state index is 12.6. The molecule has 2 unspecified atom stereocenters. The van der Waals surface area contributed by atoms with E-state index in [1.165, 1.54) is 25.7 Å². The molecule has 0 aromatic carbocycles. The van der Waals surface area contributed by atoms with E-state index >= 15 is 0 Å². The largest absolute Gasteiger partial charge is 0.353 e. The molecule has 1 aliphatic carbocycles. The summed E-state index contributed by atoms with van der Waals surface area (Å²) in [7, 11) is 0. The van der Waals surface area contributed by atoms with E-state index in [2.05, 4.69) is 24.5 Å². The van der Waals surface area contributed by atoms with Crippen molar-refractivity contribution in [2.24, 2.45) is 11.3 Å². The van der Waals surface area contributed by atoms with Crippen LogP contribution in [0.3, 0.4) is 0 Å². The minimum atomic E-state index is -0.0948. The van der Waals surface area contributed by atoms with Gasteiger partial charge in [0.25, 0.3) is 0 Å². The fourth-order valence-corrected chi connectivity index (χ4v) is 3.50. The van der Waals surface area contributed by atoms with E-state index in [1.807, 2.05) is 0 Å². The number of nitrogens with one attached hydrogen (secondary N) is 2. The number of piperidine rings is 1. The van der Waals surface area contributed by atoms with Gasteiger partial charge in [-0.1, -0.05) is 26.7 Å². The van der Waals surface area contributed by atoms with Gasteiger partial charge in [0.05, 0.1) is 5.41 Å². The van der Waals surface area contributed by atoms with Crippen LogP contribution in [0.2, 0.25) is 0 Å². The van der Waals surface area contributed by atoms with Gasteiger partial charge in [0.2, 0.25) is 5.91 Å². The molecule has 2 N–H and O–H groups in total. The number of hydrogen-bond acceptors (Lipinski definition) is 2. The molecule has 2 fully saturated rings. The summed E-state index contributed by atoms with van der Waals surface area (Å²) < 4.78 is 0. The molecule has 1 saturated heterocycles. The molecule has 1 amide bonds. The zero-order chi connectivity index (χ0) is 13.0. The monoisotopic (exact) mass is 252 g/mol. The van der Waals surface area contributed by atoms with E-state index in [0.717, 1.165) is 32.4 Å². The van der Waals surface area contributed by atoms with E-state index in [4.69, 9.17) is 0 Å². The second kappa shape index (κ2) is 6.05. The summed E-state index contributed by atoms with van der Waals surface area (Å²) in [5, 5.41) is 6.72. The van der Waals surface area contributed by atoms with E-state index < -0.39 is 0 Å². The van der Waals surface area contributed by atoms with Crippen LogP contribution in [0.5, 0.6) is 0 Å². The Kier molecular flexibility index (Phi) is 4.66. The second-order valence-corrected chi connectivity index (χ2v) is 6.23. The normalized spacial score (nSPS) is 31.9. The minimum Gasteiger partial charge on any atom is -0.353 e. The summed E-state index contributed by atoms with van der Waals surface area (Å²) in [6.45, 7) is 6.42. The first-order valence-corrected chi connectivity index (χ1v) is 7.69. The zero-order valence-electron chi connectivity index (χ0n) is 11.9. The molecule has 3 heteroatoms. The summed E-state index contributed by atoms with van der Waals surface area (Å²) >= 11 is 0. The van der Waals surface area contributed by atoms with Gasteiger partial charge in [-0.2, -0.15) is 0 Å². The molecular formula is C15H28N2O. The molecule has 0 bridgehead atoms. The first-order valence-electron chi connectivity index (χ1n) is 7.69. The minimum absolute atomic E-state index is 0.0948. The van der Waals surface area contributed by atoms with E-state index in [0.29, 0.717) is 17.9 Å². The summed E-state index contributed by atoms with van der Waals surface area (Å²) in [6.07, 6.45) is 8.01. The van der Waals surface area contributed by atoms with Crippen LogP contribution in [0.25, 0.3) is 0 Å². The number of carbonyl (C=O) groups is 1. The van der Waals surface area contributed by atoms with Gasteiger partial charge in [0.1, 0.15) is 0 Å². The highest BCUT2D eigenvalue weighted by atomic mass is 16.2. The van der Waals surface area contributed by atoms with Crippen LogP contribution in [-0.4, -0.2) is 25.0 Å². The lowest BCUT2D eigenvalue weighted by Gasteiger charge is -2.38. The Hall–Kier alpha value is -0.570. The van der Waals surface area contributed by atoms with Crippen LogP contribution in [0, 0.1) is 11.3 Å². The third-order valence-electron chi connectivity index (χ3n) is 5.15. The molecule has 1 heterocycles. The van der Waals surface area contributed by atoms with E-state index in [1.54, 1.807) is 0 Å². The molecule has 0 spiro atoms. The Morgan fingerprint density at radius 3 is 2.56 bits per heavy atom. The highest BCUT2D eigenvalue weighted by Gasteiger charge is 2.39. The lowest BCUT2D eigenvalue weighted by molar-refractivity contribution is -0.134. The zero-order valence-corrected chi connectivity index (χ0v) is 11.9. The Morgan fingerprint density at radius 1 is 1.28 bits per heavy atom. The lowest BCUT2D eigenvalue weighted by Crippen LogP contribution is -2.51. The summed E-state index contributed by atoms with van der Waals surface area (Å²) in [4.78, 5) is 12.6. The average molecular weight is 252 g/mol. The van der Waals surface area contributed by atoms with Crippen LogP contribution in [-0.2, 0) is 4.79 Å². The van der Waals surface area contributed by atoms with Crippen molar-refractivity contribution >= 4 is 5.91 Å². The summed E-state index contributed by atoms with van der Waals surface area (Å²) in [5.74, 6) is 0.976. The Morgan fingerprint density at radius 2 is 1.94 bits per heavy atom. The predicted octanol–water partition coefficient (Wildman–Crippen LogP) is 2.46. The quantitative estimate of drug-likeness (QED) is 0.810. The maximum Gasteiger partial charge on any atom is 0.226 e. The van der Waals surface area contributed by atoms with Crippen LogP contribution >= 0.6 is 0 Å². The van der Waals surface area contributed by atoms with Crippen molar-refractivity contribution in [3.63, 3.8) is 0 Å². The topological polar surface area (TPSA) is 41.1 Å². The van der Waals surface area contributed by atoms with Crippen molar-refractivity contribution in [2.45, 2.75) is 64.8 Å². The van der Waals surface area contributed by atoms with Gasteiger partial charge in [-0.15, -0.1) is 0 Å². The molecule has 0 aromatic heterocycles. The molecule has 2 atom stereocenters. The number of carbonyl (C=O) groups excluding carboxylic acids is 1. The van der Waals surface area contributed by atoms with Crippen molar-refractivity contribution < 1.29 is 4.79 Å². The molecule has 18 heavy (non-hydrogen) atoms. The molecular weight excluding hydrogens is 224 g/mol. The van der Waals surface area contributed by atoms with Crippen molar-refractivity contribution in [2.75, 3.05) is 13.1 Å². The number of rotatable bonds is 3. The molecule has 2 rings (SSSR count). The van der Waals surface area contributed by atoms with Gasteiger partial charge >= 0.3 is 0 Å². The fraction of sp³-hybridized carbons (Fsp3) is 0.933. The van der Waals surface area contributed by atoms with Crippen molar-refractivity contribution in [3.8, 4) is 0 Å². The third-order valence-corrected chi connectivity index (χ3v) is 5.15. The van der Waals surface area contributed by atoms with Crippen molar-refractivity contribution in [3.05, 3.63) is 0 Å². The van der Waals surface area contributed by atoms with Crippen LogP contribution in [0.4, 0.5) is 0 Å². The van der Waals surface area contributed by atoms with E-state index in [-0.39, 0.29) is 5.41 Å². The first-order chi connectivity index (χ1) is 8.68. The van der Waals surface area contributed by atoms with Gasteiger partial charge in [0.15, 0.2) is 0 Å². The van der Waals surface area contributed by atoms with Gasteiger partial charge in [-0.25, -0.2) is 0 Å². The lowest BCUT2D eigenvalue weighted by atomic mass is 9.75. The SMILES string of the molecule is CCC1(C(=O)NC2CCCCC2C)CCNCC1. The average Bonchev–Trinajstić information content (AvgIpc) is 2.42. The van der Waals surface area contributed by atoms with Gasteiger partial charge < -0.3 is 10.6 Å². The highest BCUT2D eigenvalue weighted by Crippen LogP contribution is 2.34. The van der Waals surface area contributed by atoms with E-state index in [9.17, 15) is 4.79 Å². The molecule has 0 radical (unpaired) electrons. The molecule has 0 aromatic rings. The Balaban J connectivity index is 1.96. The first kappa shape index (κ1) is 13.9. The Bertz CT molecular complexity index is 284. The second-order valence-electron chi connectivity index (χ2n) is 6.23. The standard InChI is InChI=1S/C15H28N2O/c1-3-15(8-10-16-11-9-15)14(18)17-13-7-5-4-6-12(13)2/h12-13,16H,3-11H2,1-2H3,(H,17,18). The fourth-order valence-electron chi connectivity index (χ4n) is 3.50. The summed E-state index contributed by atoms with van der Waals surface area (Å²) in [5.41, 5.74) is -0.0948. The predicted molar refractivity (Wildman–Crippen MR) is 74.4 cm³/mol. The smallest absolute Gasteiger partial charge is 0.226 e. The third kappa shape index (κ3) is 2.87. The van der Waals surface area contributed by atoms with Crippen molar-refractivity contribution in [1.82, 2.24) is 10.6 Å². The number of hydrogen-bond donors (Lipinski definition) is 2. The van der Waals surface area contributed by atoms with Crippen LogP contribution in [0.1, 0.15) is 58.8 Å². The summed E-state index contributed by atoms with van der Waals surface area (Å²) in [6, 6.07) is 0.421. The molecule has 3 nitrogen and oxygen atoms in total. The van der Waals surface area contributed by atoms with Crippen LogP contribution in [0.15, 0.2) is 0 Å². The molecule has 1 saturated carbocycles. The molecule has 1 aliphatic heterocycles. The van der Waals surface area contributed by atoms with Gasteiger partial charge in [0, 0.05) is 6.04 Å². The maximum absolute atomic E-state index is 12.6. The van der Waals surface area contributed by atoms with Crippen molar-refractivity contribution in [1.29, 1.82) is 0 Å². The van der Waals surface area contributed by atoms with Gasteiger partial charge in [-0.3, -0.25) is 4.79 Å².